The minimum atomic E-state index is -1.13. The number of thioether (sulfide) groups is 3. The lowest BCUT2D eigenvalue weighted by molar-refractivity contribution is -0.141. The number of hydrogen-bond donors (Lipinski definition) is 2. The summed E-state index contributed by atoms with van der Waals surface area (Å²) >= 11 is 5.11. The van der Waals surface area contributed by atoms with E-state index < -0.39 is 23.0 Å². The van der Waals surface area contributed by atoms with Crippen LogP contribution in [0.15, 0.2) is 28.2 Å². The number of aryl methyl sites for hydroxylation is 1. The minimum Gasteiger partial charge on any atom is -0.496 e. The zero-order valence-electron chi connectivity index (χ0n) is 23.3. The molecule has 0 aromatic heterocycles. The number of aliphatic hydroxyl groups excluding tert-OH is 1. The largest absolute Gasteiger partial charge is 0.496 e. The van der Waals surface area contributed by atoms with Crippen LogP contribution in [0.3, 0.4) is 0 Å². The molecule has 1 saturated heterocycles. The molecular weight excluding hydrogens is 539 g/mol. The number of ether oxygens (including phenoxy) is 1. The van der Waals surface area contributed by atoms with E-state index in [0.29, 0.717) is 5.75 Å². The van der Waals surface area contributed by atoms with Crippen molar-refractivity contribution in [3.63, 3.8) is 0 Å². The Hall–Kier alpha value is -1.20. The van der Waals surface area contributed by atoms with Crippen molar-refractivity contribution >= 4 is 51.3 Å². The van der Waals surface area contributed by atoms with Gasteiger partial charge in [-0.25, -0.2) is 4.79 Å². The van der Waals surface area contributed by atoms with E-state index in [0.717, 1.165) is 45.7 Å². The normalized spacial score (nSPS) is 28.9. The van der Waals surface area contributed by atoms with Gasteiger partial charge in [-0.15, -0.1) is 35.3 Å². The Bertz CT molecular complexity index is 1100. The van der Waals surface area contributed by atoms with Crippen LogP contribution in [0.5, 0.6) is 5.75 Å². The molecule has 210 valence electrons. The van der Waals surface area contributed by atoms with Gasteiger partial charge in [0.2, 0.25) is 0 Å². The van der Waals surface area contributed by atoms with Crippen molar-refractivity contribution in [1.29, 1.82) is 0 Å². The first kappa shape index (κ1) is 29.8. The van der Waals surface area contributed by atoms with Crippen LogP contribution >= 0.6 is 35.3 Å². The van der Waals surface area contributed by atoms with Gasteiger partial charge in [-0.3, -0.25) is 14.9 Å². The van der Waals surface area contributed by atoms with E-state index in [1.54, 1.807) is 25.8 Å². The van der Waals surface area contributed by atoms with Crippen LogP contribution in [-0.4, -0.2) is 91.7 Å². The Morgan fingerprint density at radius 3 is 2.71 bits per heavy atom. The highest BCUT2D eigenvalue weighted by atomic mass is 32.2. The van der Waals surface area contributed by atoms with E-state index in [-0.39, 0.29) is 17.5 Å². The first-order valence-corrected chi connectivity index (χ1v) is 16.4. The monoisotopic (exact) mass is 579 g/mol. The van der Waals surface area contributed by atoms with Crippen LogP contribution in [0.2, 0.25) is 0 Å². The van der Waals surface area contributed by atoms with Crippen LogP contribution in [0.25, 0.3) is 0 Å². The summed E-state index contributed by atoms with van der Waals surface area (Å²) in [6, 6.07) is 6.35. The van der Waals surface area contributed by atoms with Crippen molar-refractivity contribution in [1.82, 2.24) is 4.90 Å². The van der Waals surface area contributed by atoms with Crippen LogP contribution in [-0.2, 0) is 11.2 Å². The van der Waals surface area contributed by atoms with E-state index in [2.05, 4.69) is 36.0 Å². The molecule has 1 aromatic carbocycles. The number of carboxylic acids is 1. The third kappa shape index (κ3) is 5.80. The van der Waals surface area contributed by atoms with Crippen molar-refractivity contribution in [2.75, 3.05) is 31.4 Å². The van der Waals surface area contributed by atoms with Crippen molar-refractivity contribution in [3.8, 4) is 5.75 Å². The number of aliphatic imine (C=N–C) groups is 2. The summed E-state index contributed by atoms with van der Waals surface area (Å²) in [7, 11) is 3.81. The van der Waals surface area contributed by atoms with Gasteiger partial charge in [-0.2, -0.15) is 0 Å². The number of rotatable bonds is 11. The summed E-state index contributed by atoms with van der Waals surface area (Å²) in [4.78, 5) is 23.8. The minimum absolute atomic E-state index is 0.0694. The van der Waals surface area contributed by atoms with Gasteiger partial charge in [0.25, 0.3) is 0 Å². The maximum Gasteiger partial charge on any atom is 0.332 e. The second-order valence-electron chi connectivity index (χ2n) is 11.2. The van der Waals surface area contributed by atoms with Crippen molar-refractivity contribution < 1.29 is 19.7 Å². The Balaban J connectivity index is 1.50. The summed E-state index contributed by atoms with van der Waals surface area (Å²) in [5, 5.41) is 23.1. The van der Waals surface area contributed by atoms with E-state index in [1.165, 1.54) is 30.2 Å². The van der Waals surface area contributed by atoms with Crippen LogP contribution in [0.4, 0.5) is 0 Å². The predicted octanol–water partition coefficient (Wildman–Crippen LogP) is 5.04. The fourth-order valence-corrected chi connectivity index (χ4v) is 9.54. The van der Waals surface area contributed by atoms with Crippen LogP contribution in [0.1, 0.15) is 58.1 Å². The van der Waals surface area contributed by atoms with Crippen LogP contribution in [0, 0.1) is 5.41 Å². The number of likely N-dealkylation sites (N-methyl/N-ethyl adjacent to an activating group) is 1. The van der Waals surface area contributed by atoms with Crippen molar-refractivity contribution in [3.05, 3.63) is 29.3 Å². The number of nitrogens with zero attached hydrogens (tertiary/aromatic N) is 3. The first-order chi connectivity index (χ1) is 18.0. The summed E-state index contributed by atoms with van der Waals surface area (Å²) in [6.45, 7) is 7.83. The number of hydrogen-bond acceptors (Lipinski definition) is 9. The number of carboxylic acid groups (broad SMARTS) is 1. The number of benzene rings is 1. The summed E-state index contributed by atoms with van der Waals surface area (Å²) in [5.41, 5.74) is 0.668. The molecule has 0 saturated carbocycles. The van der Waals surface area contributed by atoms with Crippen LogP contribution < -0.4 is 4.74 Å². The van der Waals surface area contributed by atoms with Crippen molar-refractivity contribution in [2.45, 2.75) is 82.5 Å². The SMILES string of the molecule is CCCCCc1cccc(OC)c1C1=N[C@@H]([C@H]2SC[C@@H]([C@@H](O)C(C)(C)C3=N[C@@](C)(C(=O)O)CS3)N2C)CS1. The van der Waals surface area contributed by atoms with Gasteiger partial charge in [0.1, 0.15) is 10.8 Å². The molecular formula is C28H41N3O4S3. The number of aliphatic hydroxyl groups is 1. The third-order valence-electron chi connectivity index (χ3n) is 7.92. The second-order valence-corrected chi connectivity index (χ2v) is 14.3. The molecule has 0 unspecified atom stereocenters. The lowest BCUT2D eigenvalue weighted by Gasteiger charge is -2.38. The molecule has 7 nitrogen and oxygen atoms in total. The van der Waals surface area contributed by atoms with Gasteiger partial charge in [0, 0.05) is 28.7 Å². The lowest BCUT2D eigenvalue weighted by atomic mass is 9.83. The molecule has 0 radical (unpaired) electrons. The van der Waals surface area contributed by atoms with E-state index >= 15 is 0 Å². The maximum atomic E-state index is 11.7. The van der Waals surface area contributed by atoms with E-state index in [9.17, 15) is 15.0 Å². The van der Waals surface area contributed by atoms with Gasteiger partial charge in [0.05, 0.1) is 35.2 Å². The Morgan fingerprint density at radius 2 is 2.05 bits per heavy atom. The fourth-order valence-electron chi connectivity index (χ4n) is 5.30. The summed E-state index contributed by atoms with van der Waals surface area (Å²) < 4.78 is 5.76. The zero-order valence-corrected chi connectivity index (χ0v) is 25.7. The molecule has 5 atom stereocenters. The quantitative estimate of drug-likeness (QED) is 0.352. The molecule has 0 spiro atoms. The number of methoxy groups -OCH3 is 1. The Labute approximate surface area is 239 Å². The molecule has 1 fully saturated rings. The molecule has 3 aliphatic heterocycles. The highest BCUT2D eigenvalue weighted by Crippen LogP contribution is 2.44. The molecule has 1 aromatic rings. The average molecular weight is 580 g/mol. The van der Waals surface area contributed by atoms with Gasteiger partial charge >= 0.3 is 5.97 Å². The number of aliphatic carboxylic acids is 1. The lowest BCUT2D eigenvalue weighted by Crippen LogP contribution is -2.51. The van der Waals surface area contributed by atoms with Gasteiger partial charge < -0.3 is 14.9 Å². The van der Waals surface area contributed by atoms with Gasteiger partial charge in [0.15, 0.2) is 5.54 Å². The molecule has 10 heteroatoms. The topological polar surface area (TPSA) is 94.7 Å². The fraction of sp³-hybridized carbons (Fsp3) is 0.679. The molecule has 38 heavy (non-hydrogen) atoms. The molecule has 0 amide bonds. The molecule has 0 aliphatic carbocycles. The van der Waals surface area contributed by atoms with Gasteiger partial charge in [-0.05, 0) is 38.4 Å². The smallest absolute Gasteiger partial charge is 0.332 e. The average Bonchev–Trinajstić information content (AvgIpc) is 3.62. The first-order valence-electron chi connectivity index (χ1n) is 13.4. The molecule has 3 aliphatic rings. The highest BCUT2D eigenvalue weighted by molar-refractivity contribution is 8.15. The third-order valence-corrected chi connectivity index (χ3v) is 12.1. The maximum absolute atomic E-state index is 11.7. The molecule has 3 heterocycles. The summed E-state index contributed by atoms with van der Waals surface area (Å²) in [5.74, 6) is 2.05. The number of carbonyl (C=O) groups is 1. The highest BCUT2D eigenvalue weighted by Gasteiger charge is 2.50. The predicted molar refractivity (Wildman–Crippen MR) is 163 cm³/mol. The van der Waals surface area contributed by atoms with Crippen molar-refractivity contribution in [2.24, 2.45) is 15.4 Å². The Kier molecular flexibility index (Phi) is 9.50. The molecule has 0 bridgehead atoms. The molecule has 2 N–H and O–H groups in total. The zero-order chi connectivity index (χ0) is 27.7. The van der Waals surface area contributed by atoms with Gasteiger partial charge in [-0.1, -0.05) is 45.7 Å². The second kappa shape index (κ2) is 12.1. The number of unbranched alkanes of at least 4 members (excludes halogenated alkanes) is 2. The Morgan fingerprint density at radius 1 is 1.29 bits per heavy atom. The van der Waals surface area contributed by atoms with E-state index in [1.807, 2.05) is 31.7 Å². The molecule has 4 rings (SSSR count). The standard InChI is InChI=1S/C28H41N3O4S3/c1-7-8-9-11-17-12-10-13-20(35-6)21(17)23-29-18(14-36-23)24-31(5)19(15-37-24)22(32)27(2,3)25-30-28(4,16-38-25)26(33)34/h10,12-13,18-19,22,24,32H,7-9,11,14-16H2,1-6H3,(H,33,34)/t18-,19+,22-,24-,28-/m1/s1. The summed E-state index contributed by atoms with van der Waals surface area (Å²) in [6.07, 6.45) is 3.91. The van der Waals surface area contributed by atoms with E-state index in [4.69, 9.17) is 9.73 Å².